The topological polar surface area (TPSA) is 68.3 Å². The summed E-state index contributed by atoms with van der Waals surface area (Å²) in [6, 6.07) is 6.32. The Bertz CT molecular complexity index is 794. The predicted octanol–water partition coefficient (Wildman–Crippen LogP) is 4.81. The van der Waals surface area contributed by atoms with Crippen LogP contribution in [0.3, 0.4) is 0 Å². The number of ether oxygens (including phenoxy) is 1. The molecule has 0 saturated heterocycles. The van der Waals surface area contributed by atoms with Crippen molar-refractivity contribution in [3.05, 3.63) is 56.1 Å². The molecule has 9 heteroatoms. The van der Waals surface area contributed by atoms with E-state index >= 15 is 0 Å². The zero-order valence-corrected chi connectivity index (χ0v) is 15.9. The number of nitrogens with one attached hydrogen (secondary N) is 1. The number of amides is 1. The second-order valence-corrected chi connectivity index (χ2v) is 6.64. The summed E-state index contributed by atoms with van der Waals surface area (Å²) in [7, 11) is 0. The van der Waals surface area contributed by atoms with Crippen LogP contribution in [0.15, 0.2) is 30.5 Å². The summed E-state index contributed by atoms with van der Waals surface area (Å²) in [6.07, 6.45) is 0.108. The van der Waals surface area contributed by atoms with Crippen molar-refractivity contribution in [3.8, 4) is 0 Å². The lowest BCUT2D eigenvalue weighted by Gasteiger charge is -2.14. The molecule has 1 atom stereocenters. The van der Waals surface area contributed by atoms with Gasteiger partial charge in [-0.2, -0.15) is 0 Å². The number of carbonyl (C=O) groups is 2. The summed E-state index contributed by atoms with van der Waals surface area (Å²) in [6.45, 7) is 1.42. The maximum atomic E-state index is 12.1. The summed E-state index contributed by atoms with van der Waals surface area (Å²) < 4.78 is 5.10. The Morgan fingerprint density at radius 1 is 1.16 bits per heavy atom. The summed E-state index contributed by atoms with van der Waals surface area (Å²) >= 11 is 23.7. The van der Waals surface area contributed by atoms with Crippen LogP contribution in [0.2, 0.25) is 20.1 Å². The van der Waals surface area contributed by atoms with E-state index in [9.17, 15) is 9.59 Å². The number of aromatic nitrogens is 1. The highest BCUT2D eigenvalue weighted by atomic mass is 35.5. The van der Waals surface area contributed by atoms with Crippen molar-refractivity contribution in [2.24, 2.45) is 0 Å². The van der Waals surface area contributed by atoms with Crippen LogP contribution >= 0.6 is 46.4 Å². The Morgan fingerprint density at radius 3 is 2.40 bits per heavy atom. The first-order valence-electron chi connectivity index (χ1n) is 7.02. The molecule has 1 aromatic carbocycles. The number of halogens is 4. The van der Waals surface area contributed by atoms with Crippen LogP contribution < -0.4 is 5.32 Å². The molecule has 1 unspecified atom stereocenters. The number of anilines is 1. The van der Waals surface area contributed by atoms with Gasteiger partial charge in [0.05, 0.1) is 16.5 Å². The van der Waals surface area contributed by atoms with Crippen molar-refractivity contribution in [1.82, 2.24) is 4.98 Å². The van der Waals surface area contributed by atoms with Gasteiger partial charge in [0, 0.05) is 21.8 Å². The molecule has 2 aromatic rings. The van der Waals surface area contributed by atoms with Gasteiger partial charge in [0.1, 0.15) is 0 Å². The minimum Gasteiger partial charge on any atom is -0.452 e. The molecular weight excluding hydrogens is 410 g/mol. The molecule has 25 heavy (non-hydrogen) atoms. The standard InChI is InChI=1S/C16H12Cl4N2O3/c1-8(16(24)22-15-13(20)5-9(17)7-21-15)25-14(23)6-10-11(18)3-2-4-12(10)19/h2-5,7-8H,6H2,1H3,(H,21,22,24). The van der Waals surface area contributed by atoms with Crippen LogP contribution in [-0.2, 0) is 20.7 Å². The number of esters is 1. The Labute approximate surface area is 164 Å². The molecule has 0 radical (unpaired) electrons. The SMILES string of the molecule is CC(OC(=O)Cc1c(Cl)cccc1Cl)C(=O)Nc1ncc(Cl)cc1Cl. The molecule has 0 saturated carbocycles. The van der Waals surface area contributed by atoms with Gasteiger partial charge in [0.25, 0.3) is 5.91 Å². The molecule has 1 heterocycles. The fourth-order valence-corrected chi connectivity index (χ4v) is 2.82. The van der Waals surface area contributed by atoms with E-state index in [1.165, 1.54) is 19.2 Å². The van der Waals surface area contributed by atoms with Crippen LogP contribution in [0.4, 0.5) is 5.82 Å². The monoisotopic (exact) mass is 420 g/mol. The van der Waals surface area contributed by atoms with Crippen LogP contribution in [-0.4, -0.2) is 23.0 Å². The fourth-order valence-electron chi connectivity index (χ4n) is 1.86. The minimum absolute atomic E-state index is 0.119. The first kappa shape index (κ1) is 19.8. The van der Waals surface area contributed by atoms with Crippen LogP contribution in [0.25, 0.3) is 0 Å². The third kappa shape index (κ3) is 5.47. The van der Waals surface area contributed by atoms with Crippen LogP contribution in [0.5, 0.6) is 0 Å². The van der Waals surface area contributed by atoms with E-state index in [4.69, 9.17) is 51.1 Å². The molecule has 0 spiro atoms. The van der Waals surface area contributed by atoms with Crippen molar-refractivity contribution in [3.63, 3.8) is 0 Å². The minimum atomic E-state index is -1.07. The van der Waals surface area contributed by atoms with Crippen molar-refractivity contribution < 1.29 is 14.3 Å². The van der Waals surface area contributed by atoms with Crippen molar-refractivity contribution in [2.45, 2.75) is 19.4 Å². The third-order valence-corrected chi connectivity index (χ3v) is 4.31. The summed E-state index contributed by atoms with van der Waals surface area (Å²) in [5, 5.41) is 3.65. The van der Waals surface area contributed by atoms with Gasteiger partial charge in [-0.1, -0.05) is 52.5 Å². The van der Waals surface area contributed by atoms with E-state index in [1.807, 2.05) is 0 Å². The first-order chi connectivity index (χ1) is 11.8. The van der Waals surface area contributed by atoms with Crippen LogP contribution in [0.1, 0.15) is 12.5 Å². The largest absolute Gasteiger partial charge is 0.452 e. The second-order valence-electron chi connectivity index (χ2n) is 4.98. The smallest absolute Gasteiger partial charge is 0.311 e. The van der Waals surface area contributed by atoms with E-state index in [1.54, 1.807) is 18.2 Å². The molecule has 0 aliphatic rings. The highest BCUT2D eigenvalue weighted by Gasteiger charge is 2.21. The number of pyridine rings is 1. The lowest BCUT2D eigenvalue weighted by Crippen LogP contribution is -2.31. The first-order valence-corrected chi connectivity index (χ1v) is 8.53. The van der Waals surface area contributed by atoms with Gasteiger partial charge in [0.2, 0.25) is 0 Å². The number of carbonyl (C=O) groups excluding carboxylic acids is 2. The van der Waals surface area contributed by atoms with Gasteiger partial charge in [-0.15, -0.1) is 0 Å². The Balaban J connectivity index is 1.97. The summed E-state index contributed by atoms with van der Waals surface area (Å²) in [5.41, 5.74) is 0.436. The van der Waals surface area contributed by atoms with Gasteiger partial charge >= 0.3 is 5.97 Å². The number of hydrogen-bond donors (Lipinski definition) is 1. The highest BCUT2D eigenvalue weighted by molar-refractivity contribution is 6.36. The lowest BCUT2D eigenvalue weighted by atomic mass is 10.1. The maximum absolute atomic E-state index is 12.1. The van der Waals surface area contributed by atoms with Crippen LogP contribution in [0, 0.1) is 0 Å². The average molecular weight is 422 g/mol. The number of nitrogens with zero attached hydrogens (tertiary/aromatic N) is 1. The normalized spacial score (nSPS) is 11.7. The third-order valence-electron chi connectivity index (χ3n) is 3.11. The Hall–Kier alpha value is -1.53. The average Bonchev–Trinajstić information content (AvgIpc) is 2.53. The van der Waals surface area contributed by atoms with Gasteiger partial charge in [-0.3, -0.25) is 9.59 Å². The molecule has 1 amide bonds. The molecule has 0 aliphatic carbocycles. The summed E-state index contributed by atoms with van der Waals surface area (Å²) in [4.78, 5) is 28.0. The number of benzene rings is 1. The maximum Gasteiger partial charge on any atom is 0.311 e. The molecule has 0 aliphatic heterocycles. The second kappa shape index (κ2) is 8.72. The van der Waals surface area contributed by atoms with Gasteiger partial charge in [-0.05, 0) is 25.1 Å². The predicted molar refractivity (Wildman–Crippen MR) is 98.6 cm³/mol. The molecule has 2 rings (SSSR count). The van der Waals surface area contributed by atoms with E-state index in [2.05, 4.69) is 10.3 Å². The lowest BCUT2D eigenvalue weighted by molar-refractivity contribution is -0.152. The molecule has 5 nitrogen and oxygen atoms in total. The van der Waals surface area contributed by atoms with Gasteiger partial charge in [0.15, 0.2) is 11.9 Å². The molecule has 0 bridgehead atoms. The van der Waals surface area contributed by atoms with Gasteiger partial charge < -0.3 is 10.1 Å². The van der Waals surface area contributed by atoms with E-state index in [-0.39, 0.29) is 17.3 Å². The Morgan fingerprint density at radius 2 is 1.80 bits per heavy atom. The molecule has 132 valence electrons. The van der Waals surface area contributed by atoms with Crippen molar-refractivity contribution in [1.29, 1.82) is 0 Å². The highest BCUT2D eigenvalue weighted by Crippen LogP contribution is 2.25. The Kier molecular flexibility index (Phi) is 6.90. The quantitative estimate of drug-likeness (QED) is 0.703. The van der Waals surface area contributed by atoms with Crippen molar-refractivity contribution in [2.75, 3.05) is 5.32 Å². The van der Waals surface area contributed by atoms with E-state index in [0.29, 0.717) is 20.6 Å². The zero-order valence-electron chi connectivity index (χ0n) is 12.9. The number of hydrogen-bond acceptors (Lipinski definition) is 4. The molecule has 1 N–H and O–H groups in total. The molecule has 1 aromatic heterocycles. The molecule has 0 fully saturated rings. The molecular formula is C16H12Cl4N2O3. The fraction of sp³-hybridized carbons (Fsp3) is 0.188. The van der Waals surface area contributed by atoms with Gasteiger partial charge in [-0.25, -0.2) is 4.98 Å². The number of rotatable bonds is 5. The van der Waals surface area contributed by atoms with E-state index in [0.717, 1.165) is 0 Å². The van der Waals surface area contributed by atoms with Crippen molar-refractivity contribution >= 4 is 64.1 Å². The summed E-state index contributed by atoms with van der Waals surface area (Å²) in [5.74, 6) is -1.11. The van der Waals surface area contributed by atoms with E-state index < -0.39 is 18.0 Å². The zero-order chi connectivity index (χ0) is 18.6.